The topological polar surface area (TPSA) is 62.7 Å². The predicted octanol–water partition coefficient (Wildman–Crippen LogP) is 2.79. The first-order valence-electron chi connectivity index (χ1n) is 9.87. The van der Waals surface area contributed by atoms with Gasteiger partial charge in [0.2, 0.25) is 0 Å². The summed E-state index contributed by atoms with van der Waals surface area (Å²) >= 11 is 0. The molecule has 6 nitrogen and oxygen atoms in total. The summed E-state index contributed by atoms with van der Waals surface area (Å²) in [5.74, 6) is 0.568. The third-order valence-corrected chi connectivity index (χ3v) is 4.84. The standard InChI is InChI=1S/C22H27N3O3/c1-2-6-18-8-10-19(11-9-18)28-17-21(26)24-13-5-14-25(16-15-24)22(27)20-7-3-4-12-23-20/h3-4,7-12H,2,5-6,13-17H2,1H3. The van der Waals surface area contributed by atoms with E-state index in [0.717, 1.165) is 19.3 Å². The molecule has 3 rings (SSSR count). The van der Waals surface area contributed by atoms with Crippen LogP contribution in [0.2, 0.25) is 0 Å². The van der Waals surface area contributed by atoms with Gasteiger partial charge in [-0.05, 0) is 42.7 Å². The van der Waals surface area contributed by atoms with Crippen LogP contribution in [0, 0.1) is 0 Å². The van der Waals surface area contributed by atoms with E-state index in [1.54, 1.807) is 34.2 Å². The van der Waals surface area contributed by atoms with Crippen molar-refractivity contribution in [2.45, 2.75) is 26.2 Å². The summed E-state index contributed by atoms with van der Waals surface area (Å²) in [7, 11) is 0. The van der Waals surface area contributed by atoms with E-state index >= 15 is 0 Å². The van der Waals surface area contributed by atoms with E-state index in [1.807, 2.05) is 24.3 Å². The van der Waals surface area contributed by atoms with Crippen LogP contribution in [0.3, 0.4) is 0 Å². The molecule has 148 valence electrons. The third-order valence-electron chi connectivity index (χ3n) is 4.84. The van der Waals surface area contributed by atoms with Gasteiger partial charge in [-0.15, -0.1) is 0 Å². The van der Waals surface area contributed by atoms with Crippen LogP contribution in [-0.2, 0) is 11.2 Å². The maximum absolute atomic E-state index is 12.5. The van der Waals surface area contributed by atoms with Crippen LogP contribution >= 0.6 is 0 Å². The number of carbonyl (C=O) groups excluding carboxylic acids is 2. The Morgan fingerprint density at radius 3 is 2.46 bits per heavy atom. The summed E-state index contributed by atoms with van der Waals surface area (Å²) in [5.41, 5.74) is 1.71. The van der Waals surface area contributed by atoms with Gasteiger partial charge < -0.3 is 14.5 Å². The zero-order valence-corrected chi connectivity index (χ0v) is 16.3. The zero-order chi connectivity index (χ0) is 19.8. The van der Waals surface area contributed by atoms with Gasteiger partial charge in [-0.1, -0.05) is 31.5 Å². The van der Waals surface area contributed by atoms with E-state index in [-0.39, 0.29) is 18.4 Å². The summed E-state index contributed by atoms with van der Waals surface area (Å²) in [6.07, 6.45) is 4.51. The van der Waals surface area contributed by atoms with Gasteiger partial charge in [0.15, 0.2) is 6.61 Å². The van der Waals surface area contributed by atoms with Crippen LogP contribution in [0.15, 0.2) is 48.7 Å². The van der Waals surface area contributed by atoms with Crippen molar-refractivity contribution in [2.24, 2.45) is 0 Å². The quantitative estimate of drug-likeness (QED) is 0.772. The summed E-state index contributed by atoms with van der Waals surface area (Å²) < 4.78 is 5.66. The van der Waals surface area contributed by atoms with Gasteiger partial charge in [-0.25, -0.2) is 0 Å². The number of benzene rings is 1. The van der Waals surface area contributed by atoms with E-state index in [9.17, 15) is 9.59 Å². The van der Waals surface area contributed by atoms with Crippen LogP contribution in [0.25, 0.3) is 0 Å². The van der Waals surface area contributed by atoms with Gasteiger partial charge in [0, 0.05) is 32.4 Å². The van der Waals surface area contributed by atoms with Crippen molar-refractivity contribution in [1.82, 2.24) is 14.8 Å². The third kappa shape index (κ3) is 5.31. The lowest BCUT2D eigenvalue weighted by molar-refractivity contribution is -0.133. The molecular weight excluding hydrogens is 354 g/mol. The minimum atomic E-state index is -0.0849. The van der Waals surface area contributed by atoms with E-state index < -0.39 is 0 Å². The maximum atomic E-state index is 12.5. The van der Waals surface area contributed by atoms with Gasteiger partial charge >= 0.3 is 0 Å². The van der Waals surface area contributed by atoms with Crippen LogP contribution in [0.5, 0.6) is 5.75 Å². The number of amides is 2. The Bertz CT molecular complexity index is 777. The fourth-order valence-electron chi connectivity index (χ4n) is 3.30. The van der Waals surface area contributed by atoms with E-state index in [0.29, 0.717) is 37.6 Å². The predicted molar refractivity (Wildman–Crippen MR) is 107 cm³/mol. The number of rotatable bonds is 6. The molecule has 2 aromatic rings. The highest BCUT2D eigenvalue weighted by molar-refractivity contribution is 5.92. The molecule has 0 bridgehead atoms. The monoisotopic (exact) mass is 381 g/mol. The molecule has 28 heavy (non-hydrogen) atoms. The van der Waals surface area contributed by atoms with Gasteiger partial charge in [0.05, 0.1) is 0 Å². The molecule has 1 aromatic heterocycles. The molecule has 6 heteroatoms. The Kier molecular flexibility index (Phi) is 7.00. The molecule has 0 aliphatic carbocycles. The summed E-state index contributed by atoms with van der Waals surface area (Å²) in [4.78, 5) is 32.7. The van der Waals surface area contributed by atoms with Gasteiger partial charge in [0.25, 0.3) is 11.8 Å². The second-order valence-electron chi connectivity index (χ2n) is 6.92. The van der Waals surface area contributed by atoms with E-state index in [2.05, 4.69) is 11.9 Å². The Morgan fingerprint density at radius 2 is 1.75 bits per heavy atom. The molecule has 0 atom stereocenters. The lowest BCUT2D eigenvalue weighted by Gasteiger charge is -2.22. The molecule has 1 aliphatic heterocycles. The largest absolute Gasteiger partial charge is 0.484 e. The second kappa shape index (κ2) is 9.88. The first-order valence-corrected chi connectivity index (χ1v) is 9.87. The number of ether oxygens (including phenoxy) is 1. The van der Waals surface area contributed by atoms with Gasteiger partial charge in [-0.2, -0.15) is 0 Å². The van der Waals surface area contributed by atoms with Crippen LogP contribution in [0.1, 0.15) is 35.8 Å². The Morgan fingerprint density at radius 1 is 1.00 bits per heavy atom. The van der Waals surface area contributed by atoms with Crippen molar-refractivity contribution in [3.8, 4) is 5.75 Å². The fraction of sp³-hybridized carbons (Fsp3) is 0.409. The average molecular weight is 381 g/mol. The number of aryl methyl sites for hydroxylation is 1. The van der Waals surface area contributed by atoms with Crippen molar-refractivity contribution < 1.29 is 14.3 Å². The number of aromatic nitrogens is 1. The highest BCUT2D eigenvalue weighted by Crippen LogP contribution is 2.14. The van der Waals surface area contributed by atoms with Crippen molar-refractivity contribution in [3.63, 3.8) is 0 Å². The first-order chi connectivity index (χ1) is 13.7. The van der Waals surface area contributed by atoms with Crippen LogP contribution in [0.4, 0.5) is 0 Å². The Labute approximate surface area is 166 Å². The Hall–Kier alpha value is -2.89. The number of nitrogens with zero attached hydrogens (tertiary/aromatic N) is 3. The van der Waals surface area contributed by atoms with Crippen molar-refractivity contribution in [3.05, 3.63) is 59.9 Å². The molecule has 0 saturated carbocycles. The van der Waals surface area contributed by atoms with Crippen LogP contribution < -0.4 is 4.74 Å². The molecule has 2 heterocycles. The molecule has 1 aliphatic rings. The first kappa shape index (κ1) is 19.9. The lowest BCUT2D eigenvalue weighted by Crippen LogP contribution is -2.39. The molecular formula is C22H27N3O3. The SMILES string of the molecule is CCCc1ccc(OCC(=O)N2CCCN(C(=O)c3ccccn3)CC2)cc1. The zero-order valence-electron chi connectivity index (χ0n) is 16.3. The smallest absolute Gasteiger partial charge is 0.272 e. The Balaban J connectivity index is 1.49. The van der Waals surface area contributed by atoms with E-state index in [1.165, 1.54) is 5.56 Å². The minimum Gasteiger partial charge on any atom is -0.484 e. The molecule has 1 fully saturated rings. The minimum absolute atomic E-state index is 0.0152. The molecule has 0 radical (unpaired) electrons. The number of carbonyl (C=O) groups is 2. The number of hydrogen-bond donors (Lipinski definition) is 0. The fourth-order valence-corrected chi connectivity index (χ4v) is 3.30. The lowest BCUT2D eigenvalue weighted by atomic mass is 10.1. The summed E-state index contributed by atoms with van der Waals surface area (Å²) in [6.45, 7) is 4.43. The second-order valence-corrected chi connectivity index (χ2v) is 6.92. The van der Waals surface area contributed by atoms with Crippen LogP contribution in [-0.4, -0.2) is 59.4 Å². The number of hydrogen-bond acceptors (Lipinski definition) is 4. The summed E-state index contributed by atoms with van der Waals surface area (Å²) in [6, 6.07) is 13.2. The van der Waals surface area contributed by atoms with E-state index in [4.69, 9.17) is 4.74 Å². The maximum Gasteiger partial charge on any atom is 0.272 e. The number of pyridine rings is 1. The molecule has 2 amide bonds. The molecule has 0 unspecified atom stereocenters. The van der Waals surface area contributed by atoms with Gasteiger partial charge in [-0.3, -0.25) is 14.6 Å². The molecule has 0 N–H and O–H groups in total. The van der Waals surface area contributed by atoms with Crippen molar-refractivity contribution >= 4 is 11.8 Å². The highest BCUT2D eigenvalue weighted by atomic mass is 16.5. The highest BCUT2D eigenvalue weighted by Gasteiger charge is 2.23. The van der Waals surface area contributed by atoms with Gasteiger partial charge in [0.1, 0.15) is 11.4 Å². The van der Waals surface area contributed by atoms with Crippen molar-refractivity contribution in [1.29, 1.82) is 0 Å². The average Bonchev–Trinajstić information content (AvgIpc) is 3.00. The molecule has 1 aromatic carbocycles. The van der Waals surface area contributed by atoms with Crippen molar-refractivity contribution in [2.75, 3.05) is 32.8 Å². The molecule has 0 spiro atoms. The summed E-state index contributed by atoms with van der Waals surface area (Å²) in [5, 5.41) is 0. The normalized spacial score (nSPS) is 14.5. The molecule has 1 saturated heterocycles.